The molecule has 0 spiro atoms. The zero-order valence-corrected chi connectivity index (χ0v) is 9.89. The van der Waals surface area contributed by atoms with Gasteiger partial charge in [-0.25, -0.2) is 0 Å². The third-order valence-electron chi connectivity index (χ3n) is 2.98. The summed E-state index contributed by atoms with van der Waals surface area (Å²) in [5.41, 5.74) is 8.64. The molecule has 0 saturated carbocycles. The van der Waals surface area contributed by atoms with E-state index in [1.54, 1.807) is 0 Å². The van der Waals surface area contributed by atoms with E-state index in [9.17, 15) is 0 Å². The highest BCUT2D eigenvalue weighted by Crippen LogP contribution is 2.21. The Morgan fingerprint density at radius 3 is 2.62 bits per heavy atom. The zero-order chi connectivity index (χ0) is 11.4. The quantitative estimate of drug-likeness (QED) is 0.838. The molecule has 0 radical (unpaired) electrons. The Morgan fingerprint density at radius 2 is 2.06 bits per heavy atom. The summed E-state index contributed by atoms with van der Waals surface area (Å²) >= 11 is 0. The fourth-order valence-electron chi connectivity index (χ4n) is 2.20. The lowest BCUT2D eigenvalue weighted by molar-refractivity contribution is 0.287. The molecule has 2 heteroatoms. The van der Waals surface area contributed by atoms with Gasteiger partial charge in [0, 0.05) is 25.7 Å². The first-order chi connectivity index (χ1) is 7.75. The second-order valence-electron chi connectivity index (χ2n) is 4.58. The van der Waals surface area contributed by atoms with Crippen molar-refractivity contribution in [2.45, 2.75) is 19.4 Å². The highest BCUT2D eigenvalue weighted by molar-refractivity contribution is 5.66. The van der Waals surface area contributed by atoms with Crippen LogP contribution in [0, 0.1) is 0 Å². The molecule has 1 aliphatic rings. The first-order valence-electron chi connectivity index (χ1n) is 5.98. The Morgan fingerprint density at radius 1 is 1.31 bits per heavy atom. The van der Waals surface area contributed by atoms with Crippen LogP contribution in [0.2, 0.25) is 0 Å². The van der Waals surface area contributed by atoms with E-state index in [1.165, 1.54) is 11.1 Å². The van der Waals surface area contributed by atoms with Gasteiger partial charge >= 0.3 is 0 Å². The molecule has 1 aromatic rings. The number of rotatable bonds is 3. The van der Waals surface area contributed by atoms with Crippen molar-refractivity contribution in [1.82, 2.24) is 4.90 Å². The van der Waals surface area contributed by atoms with E-state index in [0.29, 0.717) is 0 Å². The van der Waals surface area contributed by atoms with Gasteiger partial charge in [-0.15, -0.1) is 0 Å². The largest absolute Gasteiger partial charge is 0.327 e. The van der Waals surface area contributed by atoms with E-state index in [4.69, 9.17) is 5.73 Å². The Hall–Kier alpha value is -1.12. The smallest absolute Gasteiger partial charge is 0.0169 e. The predicted octanol–water partition coefficient (Wildman–Crippen LogP) is 2.12. The Labute approximate surface area is 97.8 Å². The van der Waals surface area contributed by atoms with Crippen LogP contribution >= 0.6 is 0 Å². The Balaban J connectivity index is 1.99. The standard InChI is InChI=1S/C14H20N2/c1-12(15)11-16-9-7-14(8-10-16)13-5-3-2-4-6-13/h2-7,12H,8-11,15H2,1H3/t12-/m1/s1. The van der Waals surface area contributed by atoms with Crippen molar-refractivity contribution in [1.29, 1.82) is 0 Å². The van der Waals surface area contributed by atoms with Crippen LogP contribution in [-0.2, 0) is 0 Å². The zero-order valence-electron chi connectivity index (χ0n) is 9.89. The maximum Gasteiger partial charge on any atom is 0.0169 e. The number of nitrogens with zero attached hydrogens (tertiary/aromatic N) is 1. The molecule has 2 nitrogen and oxygen atoms in total. The van der Waals surface area contributed by atoms with Gasteiger partial charge in [-0.05, 0) is 24.5 Å². The minimum absolute atomic E-state index is 0.270. The summed E-state index contributed by atoms with van der Waals surface area (Å²) < 4.78 is 0. The molecule has 0 fully saturated rings. The molecule has 0 amide bonds. The molecule has 0 unspecified atom stereocenters. The van der Waals surface area contributed by atoms with Gasteiger partial charge in [-0.3, -0.25) is 4.90 Å². The number of benzene rings is 1. The molecule has 2 rings (SSSR count). The van der Waals surface area contributed by atoms with Gasteiger partial charge in [0.05, 0.1) is 0 Å². The monoisotopic (exact) mass is 216 g/mol. The summed E-state index contributed by atoms with van der Waals surface area (Å²) in [6, 6.07) is 10.9. The van der Waals surface area contributed by atoms with Crippen LogP contribution in [0.4, 0.5) is 0 Å². The summed E-state index contributed by atoms with van der Waals surface area (Å²) in [7, 11) is 0. The van der Waals surface area contributed by atoms with Gasteiger partial charge in [-0.2, -0.15) is 0 Å². The summed E-state index contributed by atoms with van der Waals surface area (Å²) in [5.74, 6) is 0. The lowest BCUT2D eigenvalue weighted by Gasteiger charge is -2.27. The first-order valence-corrected chi connectivity index (χ1v) is 5.98. The molecule has 86 valence electrons. The minimum Gasteiger partial charge on any atom is -0.327 e. The van der Waals surface area contributed by atoms with Crippen molar-refractivity contribution in [3.8, 4) is 0 Å². The van der Waals surface area contributed by atoms with E-state index in [0.717, 1.165) is 26.1 Å². The lowest BCUT2D eigenvalue weighted by atomic mass is 9.99. The van der Waals surface area contributed by atoms with Gasteiger partial charge in [0.15, 0.2) is 0 Å². The Bertz CT molecular complexity index is 354. The van der Waals surface area contributed by atoms with Gasteiger partial charge < -0.3 is 5.73 Å². The highest BCUT2D eigenvalue weighted by atomic mass is 15.1. The summed E-state index contributed by atoms with van der Waals surface area (Å²) in [6.07, 6.45) is 3.47. The number of hydrogen-bond donors (Lipinski definition) is 1. The van der Waals surface area contributed by atoms with Gasteiger partial charge in [0.2, 0.25) is 0 Å². The van der Waals surface area contributed by atoms with Crippen molar-refractivity contribution in [3.63, 3.8) is 0 Å². The third-order valence-corrected chi connectivity index (χ3v) is 2.98. The molecular weight excluding hydrogens is 196 g/mol. The van der Waals surface area contributed by atoms with Crippen molar-refractivity contribution in [3.05, 3.63) is 42.0 Å². The summed E-state index contributed by atoms with van der Waals surface area (Å²) in [6.45, 7) is 5.23. The molecule has 0 aliphatic carbocycles. The average molecular weight is 216 g/mol. The molecule has 1 heterocycles. The van der Waals surface area contributed by atoms with E-state index < -0.39 is 0 Å². The summed E-state index contributed by atoms with van der Waals surface area (Å²) in [4.78, 5) is 2.41. The van der Waals surface area contributed by atoms with Crippen LogP contribution in [0.25, 0.3) is 5.57 Å². The average Bonchev–Trinajstić information content (AvgIpc) is 2.30. The van der Waals surface area contributed by atoms with Crippen LogP contribution in [0.15, 0.2) is 36.4 Å². The third kappa shape index (κ3) is 2.94. The molecule has 0 aromatic heterocycles. The second kappa shape index (κ2) is 5.28. The number of hydrogen-bond acceptors (Lipinski definition) is 2. The van der Waals surface area contributed by atoms with Crippen molar-refractivity contribution in [2.24, 2.45) is 5.73 Å². The predicted molar refractivity (Wildman–Crippen MR) is 69.1 cm³/mol. The Kier molecular flexibility index (Phi) is 3.75. The van der Waals surface area contributed by atoms with Crippen LogP contribution in [0.1, 0.15) is 18.9 Å². The van der Waals surface area contributed by atoms with E-state index in [2.05, 4.69) is 48.2 Å². The van der Waals surface area contributed by atoms with Crippen LogP contribution in [0.5, 0.6) is 0 Å². The van der Waals surface area contributed by atoms with E-state index >= 15 is 0 Å². The second-order valence-corrected chi connectivity index (χ2v) is 4.58. The highest BCUT2D eigenvalue weighted by Gasteiger charge is 2.13. The minimum atomic E-state index is 0.270. The fourth-order valence-corrected chi connectivity index (χ4v) is 2.20. The van der Waals surface area contributed by atoms with E-state index in [-0.39, 0.29) is 6.04 Å². The molecule has 1 atom stereocenters. The lowest BCUT2D eigenvalue weighted by Crippen LogP contribution is -2.37. The van der Waals surface area contributed by atoms with Gasteiger partial charge in [0.1, 0.15) is 0 Å². The molecule has 1 aliphatic heterocycles. The van der Waals surface area contributed by atoms with Crippen LogP contribution in [-0.4, -0.2) is 30.6 Å². The number of nitrogens with two attached hydrogens (primary N) is 1. The van der Waals surface area contributed by atoms with Crippen molar-refractivity contribution in [2.75, 3.05) is 19.6 Å². The molecule has 1 aromatic carbocycles. The van der Waals surface area contributed by atoms with Crippen molar-refractivity contribution < 1.29 is 0 Å². The van der Waals surface area contributed by atoms with Crippen LogP contribution in [0.3, 0.4) is 0 Å². The van der Waals surface area contributed by atoms with E-state index in [1.807, 2.05) is 0 Å². The molecule has 0 saturated heterocycles. The normalized spacial score (nSPS) is 19.2. The first kappa shape index (κ1) is 11.4. The molecule has 16 heavy (non-hydrogen) atoms. The fraction of sp³-hybridized carbons (Fsp3) is 0.429. The topological polar surface area (TPSA) is 29.3 Å². The molecule has 0 bridgehead atoms. The SMILES string of the molecule is C[C@@H](N)CN1CC=C(c2ccccc2)CC1. The van der Waals surface area contributed by atoms with Crippen molar-refractivity contribution >= 4 is 5.57 Å². The maximum absolute atomic E-state index is 5.81. The van der Waals surface area contributed by atoms with Gasteiger partial charge in [-0.1, -0.05) is 36.4 Å². The molecular formula is C14H20N2. The maximum atomic E-state index is 5.81. The van der Waals surface area contributed by atoms with Gasteiger partial charge in [0.25, 0.3) is 0 Å². The van der Waals surface area contributed by atoms with Crippen LogP contribution < -0.4 is 5.73 Å². The molecule has 2 N–H and O–H groups in total. The summed E-state index contributed by atoms with van der Waals surface area (Å²) in [5, 5.41) is 0.